The highest BCUT2D eigenvalue weighted by Crippen LogP contribution is 2.24. The summed E-state index contributed by atoms with van der Waals surface area (Å²) in [4.78, 5) is 11.9. The monoisotopic (exact) mass is 316 g/mol. The quantitative estimate of drug-likeness (QED) is 0.797. The molecule has 0 spiro atoms. The molecule has 4 nitrogen and oxygen atoms in total. The lowest BCUT2D eigenvalue weighted by Gasteiger charge is -2.13. The highest BCUT2D eigenvalue weighted by Gasteiger charge is 2.08. The number of amides is 1. The first-order valence-electron chi connectivity index (χ1n) is 7.55. The van der Waals surface area contributed by atoms with Crippen LogP contribution in [0.15, 0.2) is 42.5 Å². The number of nitrogens with two attached hydrogens (primary N) is 1. The predicted molar refractivity (Wildman–Crippen MR) is 90.0 cm³/mol. The summed E-state index contributed by atoms with van der Waals surface area (Å²) >= 11 is 0. The molecule has 0 heterocycles. The van der Waals surface area contributed by atoms with Crippen LogP contribution in [0.25, 0.3) is 0 Å². The first-order valence-corrected chi connectivity index (χ1v) is 7.55. The van der Waals surface area contributed by atoms with Crippen molar-refractivity contribution in [3.63, 3.8) is 0 Å². The minimum atomic E-state index is -0.444. The van der Waals surface area contributed by atoms with Gasteiger partial charge in [0, 0.05) is 6.42 Å². The molecule has 3 N–H and O–H groups in total. The van der Waals surface area contributed by atoms with Gasteiger partial charge in [0.25, 0.3) is 0 Å². The molecule has 0 fully saturated rings. The molecule has 0 aliphatic carbocycles. The minimum absolute atomic E-state index is 0.0506. The van der Waals surface area contributed by atoms with E-state index in [-0.39, 0.29) is 24.1 Å². The van der Waals surface area contributed by atoms with Crippen molar-refractivity contribution >= 4 is 17.3 Å². The van der Waals surface area contributed by atoms with Gasteiger partial charge in [0.15, 0.2) is 0 Å². The molecule has 0 bridgehead atoms. The smallest absolute Gasteiger partial charge is 0.224 e. The number of nitrogen functional groups attached to an aromatic ring is 1. The van der Waals surface area contributed by atoms with Crippen LogP contribution in [0.2, 0.25) is 0 Å². The van der Waals surface area contributed by atoms with Crippen LogP contribution in [0.1, 0.15) is 25.8 Å². The van der Waals surface area contributed by atoms with Gasteiger partial charge in [0.05, 0.1) is 17.5 Å². The average molecular weight is 316 g/mol. The predicted octanol–water partition coefficient (Wildman–Crippen LogP) is 3.77. The van der Waals surface area contributed by atoms with Crippen LogP contribution < -0.4 is 15.8 Å². The molecule has 2 aromatic rings. The fourth-order valence-electron chi connectivity index (χ4n) is 2.15. The summed E-state index contributed by atoms with van der Waals surface area (Å²) in [6.45, 7) is 3.86. The number of aryl methyl sites for hydroxylation is 1. The van der Waals surface area contributed by atoms with E-state index in [0.717, 1.165) is 5.56 Å². The van der Waals surface area contributed by atoms with Gasteiger partial charge >= 0.3 is 0 Å². The molecule has 0 aliphatic rings. The summed E-state index contributed by atoms with van der Waals surface area (Å²) in [5.41, 5.74) is 7.62. The van der Waals surface area contributed by atoms with Crippen molar-refractivity contribution in [3.8, 4) is 5.75 Å². The van der Waals surface area contributed by atoms with E-state index >= 15 is 0 Å². The van der Waals surface area contributed by atoms with E-state index in [9.17, 15) is 9.18 Å². The third kappa shape index (κ3) is 4.98. The zero-order valence-corrected chi connectivity index (χ0v) is 13.3. The maximum atomic E-state index is 13.5. The Kier molecular flexibility index (Phi) is 5.57. The lowest BCUT2D eigenvalue weighted by molar-refractivity contribution is -0.116. The van der Waals surface area contributed by atoms with Gasteiger partial charge in [-0.15, -0.1) is 0 Å². The molecule has 23 heavy (non-hydrogen) atoms. The van der Waals surface area contributed by atoms with Crippen molar-refractivity contribution in [3.05, 3.63) is 53.8 Å². The van der Waals surface area contributed by atoms with Crippen LogP contribution in [0.4, 0.5) is 15.8 Å². The van der Waals surface area contributed by atoms with Crippen LogP contribution in [-0.2, 0) is 11.2 Å². The fourth-order valence-corrected chi connectivity index (χ4v) is 2.15. The van der Waals surface area contributed by atoms with Crippen LogP contribution in [0.5, 0.6) is 5.75 Å². The molecular formula is C18H21FN2O2. The molecule has 0 radical (unpaired) electrons. The Morgan fingerprint density at radius 3 is 2.65 bits per heavy atom. The Morgan fingerprint density at radius 1 is 1.26 bits per heavy atom. The van der Waals surface area contributed by atoms with E-state index in [0.29, 0.717) is 17.9 Å². The van der Waals surface area contributed by atoms with Gasteiger partial charge in [-0.1, -0.05) is 18.2 Å². The largest absolute Gasteiger partial charge is 0.489 e. The van der Waals surface area contributed by atoms with E-state index in [1.54, 1.807) is 24.3 Å². The molecule has 1 amide bonds. The summed E-state index contributed by atoms with van der Waals surface area (Å²) in [5, 5.41) is 2.56. The summed E-state index contributed by atoms with van der Waals surface area (Å²) < 4.78 is 19.0. The zero-order chi connectivity index (χ0) is 16.8. The second-order valence-electron chi connectivity index (χ2n) is 5.57. The fraction of sp³-hybridized carbons (Fsp3) is 0.278. The number of hydrogen-bond donors (Lipinski definition) is 2. The Labute approximate surface area is 135 Å². The Balaban J connectivity index is 1.92. The molecule has 0 aromatic heterocycles. The molecule has 0 aliphatic heterocycles. The van der Waals surface area contributed by atoms with Crippen molar-refractivity contribution in [2.75, 3.05) is 11.1 Å². The maximum absolute atomic E-state index is 13.5. The zero-order valence-electron chi connectivity index (χ0n) is 13.3. The number of halogens is 1. The summed E-state index contributed by atoms with van der Waals surface area (Å²) in [6, 6.07) is 11.6. The topological polar surface area (TPSA) is 64.3 Å². The van der Waals surface area contributed by atoms with E-state index in [1.807, 2.05) is 19.9 Å². The standard InChI is InChI=1S/C18H21FN2O2/c1-12(2)23-17-9-7-13(11-15(17)20)8-10-18(22)21-16-6-4-3-5-14(16)19/h3-7,9,11-12H,8,10,20H2,1-2H3,(H,21,22). The third-order valence-corrected chi connectivity index (χ3v) is 3.23. The highest BCUT2D eigenvalue weighted by molar-refractivity contribution is 5.90. The number of hydrogen-bond acceptors (Lipinski definition) is 3. The molecular weight excluding hydrogens is 295 g/mol. The molecule has 122 valence electrons. The van der Waals surface area contributed by atoms with Gasteiger partial charge < -0.3 is 15.8 Å². The van der Waals surface area contributed by atoms with Crippen molar-refractivity contribution in [1.82, 2.24) is 0 Å². The number of para-hydroxylation sites is 1. The molecule has 0 saturated carbocycles. The average Bonchev–Trinajstić information content (AvgIpc) is 2.49. The van der Waals surface area contributed by atoms with E-state index in [4.69, 9.17) is 10.5 Å². The second kappa shape index (κ2) is 7.63. The van der Waals surface area contributed by atoms with Gasteiger partial charge in [-0.05, 0) is 50.1 Å². The Bertz CT molecular complexity index is 686. The third-order valence-electron chi connectivity index (χ3n) is 3.23. The van der Waals surface area contributed by atoms with Crippen LogP contribution in [0, 0.1) is 5.82 Å². The SMILES string of the molecule is CC(C)Oc1ccc(CCC(=O)Nc2ccccc2F)cc1N. The highest BCUT2D eigenvalue weighted by atomic mass is 19.1. The number of carbonyl (C=O) groups is 1. The van der Waals surface area contributed by atoms with Crippen LogP contribution in [-0.4, -0.2) is 12.0 Å². The van der Waals surface area contributed by atoms with E-state index in [2.05, 4.69) is 5.32 Å². The van der Waals surface area contributed by atoms with Gasteiger partial charge in [0.1, 0.15) is 11.6 Å². The van der Waals surface area contributed by atoms with Crippen molar-refractivity contribution in [2.45, 2.75) is 32.8 Å². The molecule has 2 rings (SSSR count). The number of benzene rings is 2. The van der Waals surface area contributed by atoms with Crippen LogP contribution >= 0.6 is 0 Å². The minimum Gasteiger partial charge on any atom is -0.489 e. The van der Waals surface area contributed by atoms with Gasteiger partial charge in [-0.2, -0.15) is 0 Å². The van der Waals surface area contributed by atoms with Gasteiger partial charge in [0.2, 0.25) is 5.91 Å². The lowest BCUT2D eigenvalue weighted by atomic mass is 10.1. The molecule has 0 saturated heterocycles. The maximum Gasteiger partial charge on any atom is 0.224 e. The van der Waals surface area contributed by atoms with Crippen LogP contribution in [0.3, 0.4) is 0 Å². The number of anilines is 2. The van der Waals surface area contributed by atoms with Crippen molar-refractivity contribution in [1.29, 1.82) is 0 Å². The lowest BCUT2D eigenvalue weighted by Crippen LogP contribution is -2.13. The number of carbonyl (C=O) groups excluding carboxylic acids is 1. The number of nitrogens with one attached hydrogen (secondary N) is 1. The second-order valence-corrected chi connectivity index (χ2v) is 5.57. The Hall–Kier alpha value is -2.56. The molecule has 0 atom stereocenters. The van der Waals surface area contributed by atoms with Crippen molar-refractivity contribution < 1.29 is 13.9 Å². The Morgan fingerprint density at radius 2 is 2.00 bits per heavy atom. The van der Waals surface area contributed by atoms with E-state index in [1.165, 1.54) is 12.1 Å². The first kappa shape index (κ1) is 16.8. The summed E-state index contributed by atoms with van der Waals surface area (Å²) in [6.07, 6.45) is 0.819. The summed E-state index contributed by atoms with van der Waals surface area (Å²) in [5.74, 6) is -0.0454. The van der Waals surface area contributed by atoms with E-state index < -0.39 is 5.82 Å². The molecule has 0 unspecified atom stereocenters. The number of ether oxygens (including phenoxy) is 1. The van der Waals surface area contributed by atoms with Crippen molar-refractivity contribution in [2.24, 2.45) is 0 Å². The van der Waals surface area contributed by atoms with Gasteiger partial charge in [-0.3, -0.25) is 4.79 Å². The number of rotatable bonds is 6. The first-order chi connectivity index (χ1) is 11.0. The normalized spacial score (nSPS) is 10.6. The molecule has 5 heteroatoms. The van der Waals surface area contributed by atoms with Gasteiger partial charge in [-0.25, -0.2) is 4.39 Å². The molecule has 2 aromatic carbocycles. The summed E-state index contributed by atoms with van der Waals surface area (Å²) in [7, 11) is 0.